The number of nitrogens with one attached hydrogen (secondary N) is 1. The van der Waals surface area contributed by atoms with Gasteiger partial charge < -0.3 is 14.7 Å². The lowest BCUT2D eigenvalue weighted by molar-refractivity contribution is -0.274. The molecule has 230 valence electrons. The van der Waals surface area contributed by atoms with E-state index in [4.69, 9.17) is 0 Å². The van der Waals surface area contributed by atoms with Crippen molar-refractivity contribution in [1.82, 2.24) is 20.1 Å². The fourth-order valence-corrected chi connectivity index (χ4v) is 6.40. The second-order valence-corrected chi connectivity index (χ2v) is 12.0. The van der Waals surface area contributed by atoms with Crippen LogP contribution in [0.2, 0.25) is 0 Å². The Labute approximate surface area is 258 Å². The first kappa shape index (κ1) is 30.2. The third kappa shape index (κ3) is 7.09. The molecule has 1 saturated carbocycles. The molecule has 2 aliphatic rings. The highest BCUT2D eigenvalue weighted by molar-refractivity contribution is 8.14. The number of aliphatic imine (C=N–C) groups is 1. The van der Waals surface area contributed by atoms with Crippen LogP contribution in [0.15, 0.2) is 78.0 Å². The van der Waals surface area contributed by atoms with E-state index in [1.54, 1.807) is 11.8 Å². The summed E-state index contributed by atoms with van der Waals surface area (Å²) in [6.07, 6.45) is -1.25. The van der Waals surface area contributed by atoms with Crippen LogP contribution in [-0.2, 0) is 6.42 Å². The Morgan fingerprint density at radius 1 is 1.11 bits per heavy atom. The molecule has 4 aromatic rings. The summed E-state index contributed by atoms with van der Waals surface area (Å²) in [6, 6.07) is 20.1. The first-order valence-electron chi connectivity index (χ1n) is 14.6. The van der Waals surface area contributed by atoms with E-state index in [2.05, 4.69) is 62.1 Å². The summed E-state index contributed by atoms with van der Waals surface area (Å²) in [4.78, 5) is 11.2. The SMILES string of the molecule is CCCc1ccc(C)cc1N1CCSC1=NC(O)NC1CC1c1ccc(-c2ncn(-c3ccc(OC(F)(F)F)cc3)n2)cc1. The molecule has 0 spiro atoms. The summed E-state index contributed by atoms with van der Waals surface area (Å²) in [7, 11) is 0. The Bertz CT molecular complexity index is 1620. The fourth-order valence-electron chi connectivity index (χ4n) is 5.42. The van der Waals surface area contributed by atoms with Crippen molar-refractivity contribution in [3.05, 3.63) is 89.7 Å². The lowest BCUT2D eigenvalue weighted by Gasteiger charge is -2.23. The van der Waals surface area contributed by atoms with Crippen molar-refractivity contribution in [1.29, 1.82) is 0 Å². The third-order valence-corrected chi connectivity index (χ3v) is 8.61. The van der Waals surface area contributed by atoms with Crippen LogP contribution in [0.4, 0.5) is 18.9 Å². The Morgan fingerprint density at radius 2 is 1.89 bits per heavy atom. The van der Waals surface area contributed by atoms with Gasteiger partial charge in [-0.2, -0.15) is 0 Å². The summed E-state index contributed by atoms with van der Waals surface area (Å²) in [5.41, 5.74) is 6.21. The minimum atomic E-state index is -4.74. The first-order valence-corrected chi connectivity index (χ1v) is 15.6. The minimum Gasteiger partial charge on any atom is -0.406 e. The number of rotatable bonds is 10. The molecular weight excluding hydrogens is 589 g/mol. The summed E-state index contributed by atoms with van der Waals surface area (Å²) in [5.74, 6) is 1.40. The molecule has 1 aromatic heterocycles. The number of alkyl halides is 3. The Balaban J connectivity index is 1.06. The van der Waals surface area contributed by atoms with Gasteiger partial charge in [-0.05, 0) is 66.8 Å². The highest BCUT2D eigenvalue weighted by Crippen LogP contribution is 2.41. The number of amidine groups is 1. The lowest BCUT2D eigenvalue weighted by Crippen LogP contribution is -2.33. The number of hydrogen-bond acceptors (Lipinski definition) is 7. The van der Waals surface area contributed by atoms with E-state index in [0.717, 1.165) is 47.9 Å². The van der Waals surface area contributed by atoms with Crippen LogP contribution in [0.5, 0.6) is 5.75 Å². The van der Waals surface area contributed by atoms with Crippen LogP contribution in [-0.4, -0.2) is 56.1 Å². The number of thioether (sulfide) groups is 1. The van der Waals surface area contributed by atoms with Crippen LogP contribution in [0.3, 0.4) is 0 Å². The van der Waals surface area contributed by atoms with E-state index in [0.29, 0.717) is 11.5 Å². The molecule has 1 aliphatic heterocycles. The summed E-state index contributed by atoms with van der Waals surface area (Å²) >= 11 is 1.67. The van der Waals surface area contributed by atoms with Gasteiger partial charge in [-0.3, -0.25) is 5.32 Å². The minimum absolute atomic E-state index is 0.122. The number of hydrogen-bond donors (Lipinski definition) is 2. The molecule has 44 heavy (non-hydrogen) atoms. The summed E-state index contributed by atoms with van der Waals surface area (Å²) in [5, 5.41) is 19.4. The maximum Gasteiger partial charge on any atom is 0.573 e. The molecule has 2 fully saturated rings. The Morgan fingerprint density at radius 3 is 2.61 bits per heavy atom. The molecular formula is C32H33F3N6O2S. The van der Waals surface area contributed by atoms with Crippen LogP contribution in [0, 0.1) is 6.92 Å². The molecule has 2 heterocycles. The number of aliphatic hydroxyl groups is 1. The van der Waals surface area contributed by atoms with E-state index in [1.165, 1.54) is 52.1 Å². The number of nitrogens with zero attached hydrogens (tertiary/aromatic N) is 5. The van der Waals surface area contributed by atoms with E-state index < -0.39 is 12.7 Å². The predicted molar refractivity (Wildman–Crippen MR) is 166 cm³/mol. The van der Waals surface area contributed by atoms with Crippen LogP contribution < -0.4 is 15.0 Å². The molecule has 0 radical (unpaired) electrons. The number of ether oxygens (including phenoxy) is 1. The largest absolute Gasteiger partial charge is 0.573 e. The van der Waals surface area contributed by atoms with Crippen molar-refractivity contribution in [2.45, 2.75) is 57.8 Å². The molecule has 12 heteroatoms. The molecule has 1 saturated heterocycles. The topological polar surface area (TPSA) is 87.8 Å². The van der Waals surface area contributed by atoms with Crippen molar-refractivity contribution in [2.24, 2.45) is 4.99 Å². The molecule has 1 aliphatic carbocycles. The van der Waals surface area contributed by atoms with Crippen molar-refractivity contribution in [3.63, 3.8) is 0 Å². The lowest BCUT2D eigenvalue weighted by atomic mass is 10.0. The Hall–Kier alpha value is -3.87. The highest BCUT2D eigenvalue weighted by Gasteiger charge is 2.39. The van der Waals surface area contributed by atoms with Crippen LogP contribution >= 0.6 is 11.8 Å². The number of halogens is 3. The zero-order valence-electron chi connectivity index (χ0n) is 24.3. The second kappa shape index (κ2) is 12.6. The zero-order chi connectivity index (χ0) is 30.8. The van der Waals surface area contributed by atoms with Gasteiger partial charge in [-0.1, -0.05) is 61.5 Å². The molecule has 3 unspecified atom stereocenters. The number of aryl methyl sites for hydroxylation is 2. The maximum absolute atomic E-state index is 12.4. The smallest absolute Gasteiger partial charge is 0.406 e. The summed E-state index contributed by atoms with van der Waals surface area (Å²) in [6.45, 7) is 5.15. The van der Waals surface area contributed by atoms with Crippen molar-refractivity contribution < 1.29 is 23.0 Å². The molecule has 3 atom stereocenters. The van der Waals surface area contributed by atoms with Gasteiger partial charge >= 0.3 is 6.36 Å². The fraction of sp³-hybridized carbons (Fsp3) is 0.344. The molecule has 3 aromatic carbocycles. The average molecular weight is 623 g/mol. The predicted octanol–water partition coefficient (Wildman–Crippen LogP) is 6.42. The molecule has 0 amide bonds. The Kier molecular flexibility index (Phi) is 8.66. The van der Waals surface area contributed by atoms with Gasteiger partial charge in [0.15, 0.2) is 11.0 Å². The average Bonchev–Trinajstić information content (AvgIpc) is 3.34. The van der Waals surface area contributed by atoms with E-state index in [1.807, 2.05) is 24.3 Å². The van der Waals surface area contributed by atoms with Gasteiger partial charge in [0.1, 0.15) is 12.1 Å². The quantitative estimate of drug-likeness (QED) is 0.197. The molecule has 2 N–H and O–H groups in total. The normalized spacial score (nSPS) is 19.9. The molecule has 6 rings (SSSR count). The van der Waals surface area contributed by atoms with E-state index >= 15 is 0 Å². The van der Waals surface area contributed by atoms with Crippen LogP contribution in [0.25, 0.3) is 17.1 Å². The standard InChI is InChI=1S/C32H33F3N6O2S/c1-3-4-22-6-5-20(2)17-28(22)40-15-16-44-31(40)38-30(42)37-27-18-26(27)21-7-9-23(10-8-21)29-36-19-41(39-29)24-11-13-25(14-12-24)43-32(33,34)35/h5-14,17,19,26-27,30,37,42H,3-4,15-16,18H2,1-2H3. The third-order valence-electron chi connectivity index (χ3n) is 7.64. The van der Waals surface area contributed by atoms with Gasteiger partial charge in [0.25, 0.3) is 0 Å². The van der Waals surface area contributed by atoms with Gasteiger partial charge in [0.2, 0.25) is 6.35 Å². The number of benzene rings is 3. The monoisotopic (exact) mass is 622 g/mol. The van der Waals surface area contributed by atoms with E-state index in [9.17, 15) is 18.3 Å². The van der Waals surface area contributed by atoms with Gasteiger partial charge in [0, 0.05) is 35.5 Å². The van der Waals surface area contributed by atoms with E-state index in [-0.39, 0.29) is 17.7 Å². The second-order valence-electron chi connectivity index (χ2n) is 11.0. The number of anilines is 1. The van der Waals surface area contributed by atoms with Crippen molar-refractivity contribution >= 4 is 22.6 Å². The number of aliphatic hydroxyl groups excluding tert-OH is 1. The number of aromatic nitrogens is 3. The maximum atomic E-state index is 12.4. The van der Waals surface area contributed by atoms with Gasteiger partial charge in [-0.25, -0.2) is 14.7 Å². The van der Waals surface area contributed by atoms with Crippen LogP contribution in [0.1, 0.15) is 42.4 Å². The van der Waals surface area contributed by atoms with Gasteiger partial charge in [0.05, 0.1) is 5.69 Å². The first-order chi connectivity index (χ1) is 21.2. The van der Waals surface area contributed by atoms with Crippen molar-refractivity contribution in [3.8, 4) is 22.8 Å². The zero-order valence-corrected chi connectivity index (χ0v) is 25.1. The highest BCUT2D eigenvalue weighted by atomic mass is 32.2. The molecule has 8 nitrogen and oxygen atoms in total. The van der Waals surface area contributed by atoms with Gasteiger partial charge in [-0.15, -0.1) is 18.3 Å². The molecule has 0 bridgehead atoms. The summed E-state index contributed by atoms with van der Waals surface area (Å²) < 4.78 is 42.7. The van der Waals surface area contributed by atoms with Crippen molar-refractivity contribution in [2.75, 3.05) is 17.2 Å².